The van der Waals surface area contributed by atoms with Gasteiger partial charge in [-0.15, -0.1) is 11.3 Å². The van der Waals surface area contributed by atoms with Gasteiger partial charge in [-0.2, -0.15) is 5.26 Å². The van der Waals surface area contributed by atoms with Crippen molar-refractivity contribution in [2.24, 2.45) is 5.73 Å². The molecule has 1 aromatic heterocycles. The van der Waals surface area contributed by atoms with Gasteiger partial charge in [-0.25, -0.2) is 0 Å². The number of aliphatic hydroxyl groups is 2. The zero-order valence-corrected chi connectivity index (χ0v) is 21.0. The number of hydrogen-bond acceptors (Lipinski definition) is 12. The van der Waals surface area contributed by atoms with Crippen LogP contribution in [0.2, 0.25) is 0 Å². The van der Waals surface area contributed by atoms with Crippen LogP contribution in [-0.4, -0.2) is 122 Å². The number of hydrogen-bond donors (Lipinski definition) is 4. The first kappa shape index (κ1) is 33.3. The molecule has 13 heteroatoms. The Bertz CT molecular complexity index is 634. The van der Waals surface area contributed by atoms with E-state index in [9.17, 15) is 4.79 Å². The normalized spacial score (nSPS) is 10.5. The maximum Gasteiger partial charge on any atom is 0.261 e. The van der Waals surface area contributed by atoms with Crippen LogP contribution in [0.15, 0.2) is 12.1 Å². The van der Waals surface area contributed by atoms with E-state index in [2.05, 4.69) is 5.32 Å². The number of carbonyl (C=O) groups is 1. The van der Waals surface area contributed by atoms with Crippen molar-refractivity contribution in [3.63, 3.8) is 0 Å². The minimum atomic E-state index is -0.201. The van der Waals surface area contributed by atoms with Crippen LogP contribution in [0.1, 0.15) is 14.5 Å². The quantitative estimate of drug-likeness (QED) is 0.143. The van der Waals surface area contributed by atoms with Gasteiger partial charge in [0.15, 0.2) is 0 Å². The molecule has 0 unspecified atom stereocenters. The number of nitrogens with zero attached hydrogens (tertiary/aromatic N) is 1. The molecule has 0 aliphatic carbocycles. The molecule has 0 saturated heterocycles. The Morgan fingerprint density at radius 3 is 1.69 bits per heavy atom. The summed E-state index contributed by atoms with van der Waals surface area (Å²) >= 11 is 1.16. The van der Waals surface area contributed by atoms with E-state index in [1.54, 1.807) is 12.1 Å². The van der Waals surface area contributed by atoms with E-state index >= 15 is 0 Å². The number of ether oxygens (including phenoxy) is 6. The molecule has 0 spiro atoms. The van der Waals surface area contributed by atoms with Crippen LogP contribution in [0.3, 0.4) is 0 Å². The first-order chi connectivity index (χ1) is 17.2. The lowest BCUT2D eigenvalue weighted by Crippen LogP contribution is -2.27. The zero-order chi connectivity index (χ0) is 25.8. The van der Waals surface area contributed by atoms with Gasteiger partial charge in [-0.05, 0) is 12.1 Å². The molecule has 202 valence electrons. The lowest BCUT2D eigenvalue weighted by molar-refractivity contribution is 0.00825. The summed E-state index contributed by atoms with van der Waals surface area (Å²) in [6.07, 6.45) is 0. The van der Waals surface area contributed by atoms with Crippen molar-refractivity contribution in [2.45, 2.75) is 0 Å². The highest BCUT2D eigenvalue weighted by atomic mass is 32.1. The fraction of sp³-hybridized carbons (Fsp3) is 0.727. The largest absolute Gasteiger partial charge is 0.394 e. The summed E-state index contributed by atoms with van der Waals surface area (Å²) in [5.74, 6) is -0.201. The number of carbonyl (C=O) groups excluding carboxylic acids is 1. The predicted molar refractivity (Wildman–Crippen MR) is 130 cm³/mol. The molecule has 0 fully saturated rings. The van der Waals surface area contributed by atoms with E-state index in [4.69, 9.17) is 49.6 Å². The Labute approximate surface area is 210 Å². The monoisotopic (exact) mass is 521 g/mol. The number of nitrogens with one attached hydrogen (secondary N) is 1. The molecule has 1 rings (SSSR count). The van der Waals surface area contributed by atoms with Crippen molar-refractivity contribution in [2.75, 3.05) is 106 Å². The molecule has 0 saturated carbocycles. The number of aliphatic hydroxyl groups excluding tert-OH is 2. The second kappa shape index (κ2) is 26.9. The topological polar surface area (TPSA) is 175 Å². The molecular formula is C22H39N3O9S. The van der Waals surface area contributed by atoms with Crippen LogP contribution in [0.4, 0.5) is 0 Å². The van der Waals surface area contributed by atoms with Crippen molar-refractivity contribution in [3.8, 4) is 6.07 Å². The third-order valence-corrected chi connectivity index (χ3v) is 4.68. The molecule has 0 aromatic carbocycles. The van der Waals surface area contributed by atoms with Gasteiger partial charge in [0.1, 0.15) is 10.9 Å². The second-order valence-corrected chi connectivity index (χ2v) is 7.53. The summed E-state index contributed by atoms with van der Waals surface area (Å²) in [4.78, 5) is 12.7. The summed E-state index contributed by atoms with van der Waals surface area (Å²) in [5, 5.41) is 28.3. The fourth-order valence-electron chi connectivity index (χ4n) is 2.14. The minimum absolute atomic E-state index is 0.0120. The number of nitrogens with two attached hydrogens (primary N) is 1. The van der Waals surface area contributed by atoms with Crippen molar-refractivity contribution in [3.05, 3.63) is 21.9 Å². The van der Waals surface area contributed by atoms with Crippen LogP contribution >= 0.6 is 11.3 Å². The van der Waals surface area contributed by atoms with Crippen molar-refractivity contribution in [1.82, 2.24) is 5.32 Å². The van der Waals surface area contributed by atoms with Crippen LogP contribution in [0.5, 0.6) is 0 Å². The van der Waals surface area contributed by atoms with Gasteiger partial charge < -0.3 is 49.7 Å². The van der Waals surface area contributed by atoms with Crippen LogP contribution in [0.25, 0.3) is 0 Å². The Morgan fingerprint density at radius 1 is 0.800 bits per heavy atom. The highest BCUT2D eigenvalue weighted by Gasteiger charge is 2.08. The molecular weight excluding hydrogens is 482 g/mol. The third-order valence-electron chi connectivity index (χ3n) is 3.69. The lowest BCUT2D eigenvalue weighted by Gasteiger charge is -2.07. The van der Waals surface area contributed by atoms with Gasteiger partial charge in [0, 0.05) is 13.1 Å². The van der Waals surface area contributed by atoms with Gasteiger partial charge in [-0.3, -0.25) is 4.79 Å². The second-order valence-electron chi connectivity index (χ2n) is 6.44. The number of thiophene rings is 1. The van der Waals surface area contributed by atoms with Gasteiger partial charge in [-0.1, -0.05) is 0 Å². The summed E-state index contributed by atoms with van der Waals surface area (Å²) in [6.45, 7) is 6.63. The van der Waals surface area contributed by atoms with E-state index in [-0.39, 0.29) is 19.1 Å². The van der Waals surface area contributed by atoms with E-state index in [1.807, 2.05) is 6.07 Å². The third kappa shape index (κ3) is 22.5. The van der Waals surface area contributed by atoms with Crippen molar-refractivity contribution < 1.29 is 43.4 Å². The van der Waals surface area contributed by atoms with Crippen molar-refractivity contribution >= 4 is 17.2 Å². The fourth-order valence-corrected chi connectivity index (χ4v) is 2.86. The number of rotatable bonds is 22. The van der Waals surface area contributed by atoms with Gasteiger partial charge >= 0.3 is 0 Å². The molecule has 0 radical (unpaired) electrons. The van der Waals surface area contributed by atoms with Crippen LogP contribution in [0, 0.1) is 11.3 Å². The molecule has 5 N–H and O–H groups in total. The summed E-state index contributed by atoms with van der Waals surface area (Å²) in [6, 6.07) is 5.25. The van der Waals surface area contributed by atoms with Crippen molar-refractivity contribution in [1.29, 1.82) is 5.26 Å². The summed E-state index contributed by atoms with van der Waals surface area (Å²) < 4.78 is 30.8. The highest BCUT2D eigenvalue weighted by Crippen LogP contribution is 2.14. The van der Waals surface area contributed by atoms with Gasteiger partial charge in [0.2, 0.25) is 0 Å². The Morgan fingerprint density at radius 2 is 1.26 bits per heavy atom. The molecule has 1 aromatic rings. The zero-order valence-electron chi connectivity index (χ0n) is 20.2. The molecule has 1 amide bonds. The average molecular weight is 522 g/mol. The first-order valence-corrected chi connectivity index (χ1v) is 12.2. The summed E-state index contributed by atoms with van der Waals surface area (Å²) in [7, 11) is 0. The van der Waals surface area contributed by atoms with E-state index in [0.29, 0.717) is 102 Å². The molecule has 35 heavy (non-hydrogen) atoms. The molecule has 1 heterocycles. The first-order valence-electron chi connectivity index (χ1n) is 11.4. The highest BCUT2D eigenvalue weighted by molar-refractivity contribution is 7.14. The van der Waals surface area contributed by atoms with Crippen LogP contribution < -0.4 is 11.1 Å². The smallest absolute Gasteiger partial charge is 0.261 e. The van der Waals surface area contributed by atoms with E-state index in [1.165, 1.54) is 0 Å². The molecule has 0 atom stereocenters. The Hall–Kier alpha value is -1.70. The minimum Gasteiger partial charge on any atom is -0.394 e. The number of nitriles is 1. The molecule has 0 aliphatic rings. The molecule has 0 aliphatic heterocycles. The number of amides is 1. The molecule has 0 bridgehead atoms. The molecule has 12 nitrogen and oxygen atoms in total. The van der Waals surface area contributed by atoms with Gasteiger partial charge in [0.05, 0.1) is 97.4 Å². The maximum atomic E-state index is 11.7. The van der Waals surface area contributed by atoms with E-state index in [0.717, 1.165) is 11.3 Å². The standard InChI is InChI=1S/C14H20N2O5S.C8H19NO4/c15-11-12-1-2-13(22-12)14(18)16-3-5-19-7-9-21-10-8-20-6-4-17;9-1-3-11-5-7-13-8-6-12-4-2-10/h1-2,17H,3-10H2,(H,16,18);10H,1-9H2. The average Bonchev–Trinajstić information content (AvgIpc) is 3.36. The lowest BCUT2D eigenvalue weighted by atomic mass is 10.4. The maximum absolute atomic E-state index is 11.7. The predicted octanol–water partition coefficient (Wildman–Crippen LogP) is -0.621. The van der Waals surface area contributed by atoms with Gasteiger partial charge in [0.25, 0.3) is 5.91 Å². The van der Waals surface area contributed by atoms with E-state index < -0.39 is 0 Å². The Kier molecular flexibility index (Phi) is 25.6. The van der Waals surface area contributed by atoms with Crippen LogP contribution in [-0.2, 0) is 28.4 Å². The Balaban J connectivity index is 0.000000761. The summed E-state index contributed by atoms with van der Waals surface area (Å²) in [5.41, 5.74) is 5.21. The SMILES string of the molecule is N#Cc1ccc(C(=O)NCCOCCOCCOCCO)s1.NCCOCCOCCOCCO.